The second-order valence-corrected chi connectivity index (χ2v) is 4.98. The van der Waals surface area contributed by atoms with E-state index in [0.717, 1.165) is 10.0 Å². The molecule has 1 aromatic carbocycles. The zero-order chi connectivity index (χ0) is 14.5. The monoisotopic (exact) mass is 335 g/mol. The molecular weight excluding hydrogens is 322 g/mol. The number of aryl methyl sites for hydroxylation is 1. The van der Waals surface area contributed by atoms with Crippen LogP contribution in [0, 0.1) is 6.92 Å². The second-order valence-electron chi connectivity index (χ2n) is 4.13. The minimum absolute atomic E-state index is 0.354. The van der Waals surface area contributed by atoms with E-state index in [1.54, 1.807) is 37.6 Å². The number of aromatic nitrogens is 1. The van der Waals surface area contributed by atoms with Gasteiger partial charge in [-0.15, -0.1) is 0 Å². The molecule has 6 heteroatoms. The van der Waals surface area contributed by atoms with E-state index in [2.05, 4.69) is 31.5 Å². The number of nitrogens with one attached hydrogen (secondary N) is 2. The van der Waals surface area contributed by atoms with Crippen LogP contribution in [0.5, 0.6) is 5.75 Å². The van der Waals surface area contributed by atoms with E-state index in [0.29, 0.717) is 17.3 Å². The van der Waals surface area contributed by atoms with Gasteiger partial charge in [0.25, 0.3) is 0 Å². The van der Waals surface area contributed by atoms with Gasteiger partial charge in [-0.2, -0.15) is 0 Å². The van der Waals surface area contributed by atoms with Gasteiger partial charge in [-0.1, -0.05) is 6.07 Å². The average molecular weight is 336 g/mol. The topological polar surface area (TPSA) is 63.2 Å². The van der Waals surface area contributed by atoms with Crippen LogP contribution in [0.15, 0.2) is 41.0 Å². The van der Waals surface area contributed by atoms with Crippen molar-refractivity contribution in [3.63, 3.8) is 0 Å². The highest BCUT2D eigenvalue weighted by molar-refractivity contribution is 9.10. The summed E-state index contributed by atoms with van der Waals surface area (Å²) < 4.78 is 5.99. The van der Waals surface area contributed by atoms with Crippen LogP contribution in [0.3, 0.4) is 0 Å². The number of anilines is 2. The SMILES string of the molecule is COc1cccc(NC(=O)Nc2cc(C)c(Br)cn2)c1. The number of rotatable bonds is 3. The number of carbonyl (C=O) groups is 1. The standard InChI is InChI=1S/C14H14BrN3O2/c1-9-6-13(16-8-12(9)15)18-14(19)17-10-4-3-5-11(7-10)20-2/h3-8H,1-2H3,(H2,16,17,18,19). The molecule has 0 saturated heterocycles. The van der Waals surface area contributed by atoms with E-state index < -0.39 is 0 Å². The van der Waals surface area contributed by atoms with Gasteiger partial charge in [0.2, 0.25) is 0 Å². The van der Waals surface area contributed by atoms with E-state index in [9.17, 15) is 4.79 Å². The first-order valence-corrected chi connectivity index (χ1v) is 6.72. The maximum absolute atomic E-state index is 11.9. The largest absolute Gasteiger partial charge is 0.497 e. The molecule has 0 unspecified atom stereocenters. The summed E-state index contributed by atoms with van der Waals surface area (Å²) in [5.74, 6) is 1.17. The normalized spacial score (nSPS) is 9.95. The number of halogens is 1. The van der Waals surface area contributed by atoms with Crippen LogP contribution in [-0.2, 0) is 0 Å². The second kappa shape index (κ2) is 6.38. The fourth-order valence-corrected chi connectivity index (χ4v) is 1.80. The molecule has 104 valence electrons. The summed E-state index contributed by atoms with van der Waals surface area (Å²) in [6.07, 6.45) is 1.65. The van der Waals surface area contributed by atoms with E-state index in [-0.39, 0.29) is 6.03 Å². The summed E-state index contributed by atoms with van der Waals surface area (Å²) >= 11 is 3.36. The minimum atomic E-state index is -0.354. The van der Waals surface area contributed by atoms with Crippen molar-refractivity contribution < 1.29 is 9.53 Å². The Morgan fingerprint density at radius 2 is 2.10 bits per heavy atom. The van der Waals surface area contributed by atoms with Crippen molar-refractivity contribution in [1.29, 1.82) is 0 Å². The number of urea groups is 1. The first-order valence-electron chi connectivity index (χ1n) is 5.92. The molecule has 2 amide bonds. The van der Waals surface area contributed by atoms with Crippen LogP contribution in [0.25, 0.3) is 0 Å². The predicted molar refractivity (Wildman–Crippen MR) is 82.3 cm³/mol. The Morgan fingerprint density at radius 1 is 1.30 bits per heavy atom. The molecule has 2 aromatic rings. The van der Waals surface area contributed by atoms with E-state index in [1.807, 2.05) is 13.0 Å². The summed E-state index contributed by atoms with van der Waals surface area (Å²) in [5.41, 5.74) is 1.65. The third-order valence-corrected chi connectivity index (χ3v) is 3.45. The third-order valence-electron chi connectivity index (χ3n) is 2.62. The van der Waals surface area contributed by atoms with Gasteiger partial charge in [-0.05, 0) is 46.6 Å². The summed E-state index contributed by atoms with van der Waals surface area (Å²) in [4.78, 5) is 16.0. The number of pyridine rings is 1. The molecule has 0 saturated carbocycles. The Hall–Kier alpha value is -2.08. The van der Waals surface area contributed by atoms with Crippen molar-refractivity contribution in [3.8, 4) is 5.75 Å². The quantitative estimate of drug-likeness (QED) is 0.896. The number of amides is 2. The molecule has 0 aliphatic rings. The van der Waals surface area contributed by atoms with Crippen LogP contribution in [-0.4, -0.2) is 18.1 Å². The molecule has 2 N–H and O–H groups in total. The van der Waals surface area contributed by atoms with Crippen molar-refractivity contribution in [3.05, 3.63) is 46.6 Å². The van der Waals surface area contributed by atoms with Crippen molar-refractivity contribution in [2.45, 2.75) is 6.92 Å². The lowest BCUT2D eigenvalue weighted by atomic mass is 10.3. The molecular formula is C14H14BrN3O2. The van der Waals surface area contributed by atoms with Gasteiger partial charge in [0, 0.05) is 22.4 Å². The minimum Gasteiger partial charge on any atom is -0.497 e. The number of methoxy groups -OCH3 is 1. The number of hydrogen-bond donors (Lipinski definition) is 2. The Bertz CT molecular complexity index is 632. The van der Waals surface area contributed by atoms with Gasteiger partial charge in [0.05, 0.1) is 7.11 Å². The first-order chi connectivity index (χ1) is 9.58. The molecule has 0 aliphatic heterocycles. The third kappa shape index (κ3) is 3.71. The van der Waals surface area contributed by atoms with Crippen LogP contribution in [0.1, 0.15) is 5.56 Å². The van der Waals surface area contributed by atoms with Crippen molar-refractivity contribution in [2.24, 2.45) is 0 Å². The number of carbonyl (C=O) groups excluding carboxylic acids is 1. The molecule has 2 rings (SSSR count). The Balaban J connectivity index is 2.03. The molecule has 0 radical (unpaired) electrons. The van der Waals surface area contributed by atoms with Crippen LogP contribution >= 0.6 is 15.9 Å². The fraction of sp³-hybridized carbons (Fsp3) is 0.143. The molecule has 0 bridgehead atoms. The summed E-state index contributed by atoms with van der Waals surface area (Å²) in [6.45, 7) is 1.93. The number of nitrogens with zero attached hydrogens (tertiary/aromatic N) is 1. The molecule has 0 aliphatic carbocycles. The van der Waals surface area contributed by atoms with Gasteiger partial charge in [-0.25, -0.2) is 9.78 Å². The van der Waals surface area contributed by atoms with Gasteiger partial charge < -0.3 is 10.1 Å². The zero-order valence-electron chi connectivity index (χ0n) is 11.1. The molecule has 5 nitrogen and oxygen atoms in total. The Morgan fingerprint density at radius 3 is 2.80 bits per heavy atom. The predicted octanol–water partition coefficient (Wildman–Crippen LogP) is 3.81. The summed E-state index contributed by atoms with van der Waals surface area (Å²) in [5, 5.41) is 5.39. The lowest BCUT2D eigenvalue weighted by Crippen LogP contribution is -2.20. The van der Waals surface area contributed by atoms with Gasteiger partial charge >= 0.3 is 6.03 Å². The molecule has 0 fully saturated rings. The number of ether oxygens (including phenoxy) is 1. The molecule has 0 spiro atoms. The zero-order valence-corrected chi connectivity index (χ0v) is 12.7. The number of benzene rings is 1. The van der Waals surface area contributed by atoms with Crippen molar-refractivity contribution in [1.82, 2.24) is 4.98 Å². The lowest BCUT2D eigenvalue weighted by Gasteiger charge is -2.09. The van der Waals surface area contributed by atoms with Gasteiger partial charge in [0.15, 0.2) is 0 Å². The highest BCUT2D eigenvalue weighted by Crippen LogP contribution is 2.19. The molecule has 1 heterocycles. The lowest BCUT2D eigenvalue weighted by molar-refractivity contribution is 0.262. The first kappa shape index (κ1) is 14.3. The number of hydrogen-bond acceptors (Lipinski definition) is 3. The Kier molecular flexibility index (Phi) is 4.57. The van der Waals surface area contributed by atoms with Crippen LogP contribution in [0.4, 0.5) is 16.3 Å². The van der Waals surface area contributed by atoms with Crippen LogP contribution in [0.2, 0.25) is 0 Å². The molecule has 20 heavy (non-hydrogen) atoms. The van der Waals surface area contributed by atoms with E-state index in [4.69, 9.17) is 4.74 Å². The molecule has 1 aromatic heterocycles. The van der Waals surface area contributed by atoms with Crippen molar-refractivity contribution in [2.75, 3.05) is 17.7 Å². The van der Waals surface area contributed by atoms with E-state index >= 15 is 0 Å². The van der Waals surface area contributed by atoms with Gasteiger partial charge in [0.1, 0.15) is 11.6 Å². The highest BCUT2D eigenvalue weighted by Gasteiger charge is 2.05. The summed E-state index contributed by atoms with van der Waals surface area (Å²) in [6, 6.07) is 8.56. The maximum Gasteiger partial charge on any atom is 0.324 e. The highest BCUT2D eigenvalue weighted by atomic mass is 79.9. The van der Waals surface area contributed by atoms with E-state index in [1.165, 1.54) is 0 Å². The van der Waals surface area contributed by atoms with Crippen LogP contribution < -0.4 is 15.4 Å². The maximum atomic E-state index is 11.9. The molecule has 0 atom stereocenters. The van der Waals surface area contributed by atoms with Gasteiger partial charge in [-0.3, -0.25) is 5.32 Å². The van der Waals surface area contributed by atoms with Crippen molar-refractivity contribution >= 4 is 33.5 Å². The average Bonchev–Trinajstić information content (AvgIpc) is 2.43. The summed E-state index contributed by atoms with van der Waals surface area (Å²) in [7, 11) is 1.58. The smallest absolute Gasteiger partial charge is 0.324 e. The Labute approximate surface area is 125 Å². The fourth-order valence-electron chi connectivity index (χ4n) is 1.59.